The molecule has 0 saturated carbocycles. The fraction of sp³-hybridized carbons (Fsp3) is 0.357. The van der Waals surface area contributed by atoms with E-state index in [-0.39, 0.29) is 24.0 Å². The fourth-order valence-corrected chi connectivity index (χ4v) is 3.59. The van der Waals surface area contributed by atoms with E-state index in [2.05, 4.69) is 10.0 Å². The average molecular weight is 341 g/mol. The molecule has 1 amide bonds. The lowest BCUT2D eigenvalue weighted by molar-refractivity contribution is -0.117. The molecule has 0 bridgehead atoms. The molecule has 9 heteroatoms. The highest BCUT2D eigenvalue weighted by molar-refractivity contribution is 7.85. The minimum absolute atomic E-state index is 0.0178. The third-order valence-electron chi connectivity index (χ3n) is 3.68. The predicted octanol–water partition coefficient (Wildman–Crippen LogP) is 0.0478. The van der Waals surface area contributed by atoms with Crippen LogP contribution in [-0.4, -0.2) is 48.1 Å². The molecule has 124 valence electrons. The van der Waals surface area contributed by atoms with Gasteiger partial charge in [0.15, 0.2) is 5.82 Å². The summed E-state index contributed by atoms with van der Waals surface area (Å²) in [6, 6.07) is 2.78. The summed E-state index contributed by atoms with van der Waals surface area (Å²) in [4.78, 5) is 11.3. The van der Waals surface area contributed by atoms with Gasteiger partial charge in [-0.05, 0) is 17.7 Å². The van der Waals surface area contributed by atoms with Crippen LogP contribution >= 0.6 is 0 Å². The number of ether oxygens (including phenoxy) is 1. The highest BCUT2D eigenvalue weighted by Gasteiger charge is 2.32. The van der Waals surface area contributed by atoms with Crippen molar-refractivity contribution in [1.82, 2.24) is 10.0 Å². The zero-order valence-corrected chi connectivity index (χ0v) is 13.2. The van der Waals surface area contributed by atoms with Gasteiger partial charge >= 0.3 is 0 Å². The Bertz CT molecular complexity index is 710. The van der Waals surface area contributed by atoms with Crippen LogP contribution in [0.3, 0.4) is 0 Å². The lowest BCUT2D eigenvalue weighted by Gasteiger charge is -2.18. The number of halogens is 1. The third kappa shape index (κ3) is 2.94. The van der Waals surface area contributed by atoms with Crippen molar-refractivity contribution in [2.45, 2.75) is 6.04 Å². The number of rotatable bonds is 4. The number of phenols is 1. The smallest absolute Gasteiger partial charge is 0.253 e. The van der Waals surface area contributed by atoms with Crippen molar-refractivity contribution in [2.24, 2.45) is 0 Å². The zero-order chi connectivity index (χ0) is 16.6. The number of aromatic hydroxyl groups is 1. The lowest BCUT2D eigenvalue weighted by Crippen LogP contribution is -2.26. The molecular formula is C14H16FN3O4S. The SMILES string of the molecule is COC[C@@H]1C=C(c2ccc(O)c(N3CC(=O)NS3=O)c2F)CN1. The summed E-state index contributed by atoms with van der Waals surface area (Å²) in [6.07, 6.45) is 1.85. The second-order valence-corrected chi connectivity index (χ2v) is 6.38. The average Bonchev–Trinajstić information content (AvgIpc) is 3.07. The van der Waals surface area contributed by atoms with Crippen molar-refractivity contribution in [3.63, 3.8) is 0 Å². The number of benzene rings is 1. The highest BCUT2D eigenvalue weighted by Crippen LogP contribution is 2.37. The van der Waals surface area contributed by atoms with E-state index in [1.807, 2.05) is 6.08 Å². The van der Waals surface area contributed by atoms with Gasteiger partial charge in [-0.15, -0.1) is 0 Å². The van der Waals surface area contributed by atoms with Crippen molar-refractivity contribution < 1.29 is 23.2 Å². The first kappa shape index (κ1) is 15.9. The summed E-state index contributed by atoms with van der Waals surface area (Å²) in [6.45, 7) is 0.643. The summed E-state index contributed by atoms with van der Waals surface area (Å²) in [5.41, 5.74) is 0.769. The van der Waals surface area contributed by atoms with Crippen LogP contribution in [0.2, 0.25) is 0 Å². The van der Waals surface area contributed by atoms with Gasteiger partial charge in [-0.3, -0.25) is 13.8 Å². The number of carbonyl (C=O) groups excluding carboxylic acids is 1. The normalized spacial score (nSPS) is 24.0. The van der Waals surface area contributed by atoms with E-state index in [0.29, 0.717) is 18.7 Å². The maximum atomic E-state index is 14.9. The van der Waals surface area contributed by atoms with Crippen LogP contribution < -0.4 is 14.3 Å². The van der Waals surface area contributed by atoms with E-state index in [1.165, 1.54) is 12.1 Å². The van der Waals surface area contributed by atoms with Gasteiger partial charge in [0, 0.05) is 25.3 Å². The molecule has 0 aromatic heterocycles. The topological polar surface area (TPSA) is 90.9 Å². The van der Waals surface area contributed by atoms with Crippen molar-refractivity contribution in [2.75, 3.05) is 31.1 Å². The van der Waals surface area contributed by atoms with Gasteiger partial charge < -0.3 is 15.2 Å². The number of methoxy groups -OCH3 is 1. The van der Waals surface area contributed by atoms with Crippen molar-refractivity contribution in [1.29, 1.82) is 0 Å². The molecular weight excluding hydrogens is 325 g/mol. The number of amides is 1. The van der Waals surface area contributed by atoms with Crippen LogP contribution in [0.1, 0.15) is 5.56 Å². The number of anilines is 1. The Morgan fingerprint density at radius 3 is 2.96 bits per heavy atom. The van der Waals surface area contributed by atoms with E-state index in [4.69, 9.17) is 4.74 Å². The minimum atomic E-state index is -1.90. The predicted molar refractivity (Wildman–Crippen MR) is 83.3 cm³/mol. The Hall–Kier alpha value is -1.97. The van der Waals surface area contributed by atoms with Crippen LogP contribution in [0, 0.1) is 5.82 Å². The molecule has 2 heterocycles. The number of hydrogen-bond acceptors (Lipinski definition) is 5. The molecule has 1 fully saturated rings. The standard InChI is InChI=1S/C14H16FN3O4S/c1-22-7-9-4-8(5-16-9)10-2-3-11(19)14(13(10)15)18-6-12(20)17-23(18)21/h2-4,9,16,19H,5-7H2,1H3,(H,17,20)/t9-,23?/m0/s1. The summed E-state index contributed by atoms with van der Waals surface area (Å²) in [5.74, 6) is -1.56. The molecule has 3 N–H and O–H groups in total. The number of phenolic OH excluding ortho intramolecular Hbond substituents is 1. The van der Waals surface area contributed by atoms with Crippen LogP contribution in [0.5, 0.6) is 5.75 Å². The summed E-state index contributed by atoms with van der Waals surface area (Å²) >= 11 is -1.90. The van der Waals surface area contributed by atoms with E-state index in [1.54, 1.807) is 7.11 Å². The molecule has 1 saturated heterocycles. The van der Waals surface area contributed by atoms with Crippen LogP contribution in [-0.2, 0) is 20.7 Å². The minimum Gasteiger partial charge on any atom is -0.506 e. The van der Waals surface area contributed by atoms with E-state index >= 15 is 0 Å². The van der Waals surface area contributed by atoms with Gasteiger partial charge in [-0.1, -0.05) is 6.08 Å². The summed E-state index contributed by atoms with van der Waals surface area (Å²) < 4.78 is 35.0. The third-order valence-corrected chi connectivity index (χ3v) is 4.80. The Morgan fingerprint density at radius 2 is 2.30 bits per heavy atom. The lowest BCUT2D eigenvalue weighted by atomic mass is 10.0. The molecule has 1 aromatic carbocycles. The second kappa shape index (κ2) is 6.26. The van der Waals surface area contributed by atoms with Crippen molar-refractivity contribution in [3.8, 4) is 5.75 Å². The van der Waals surface area contributed by atoms with Gasteiger partial charge in [0.05, 0.1) is 6.61 Å². The van der Waals surface area contributed by atoms with E-state index < -0.39 is 22.9 Å². The van der Waals surface area contributed by atoms with Crippen molar-refractivity contribution in [3.05, 3.63) is 29.6 Å². The van der Waals surface area contributed by atoms with Gasteiger partial charge in [0.1, 0.15) is 18.0 Å². The number of carbonyl (C=O) groups is 1. The van der Waals surface area contributed by atoms with Crippen molar-refractivity contribution >= 4 is 28.3 Å². The first-order valence-electron chi connectivity index (χ1n) is 6.95. The first-order valence-corrected chi connectivity index (χ1v) is 8.05. The van der Waals surface area contributed by atoms with Gasteiger partial charge in [-0.25, -0.2) is 8.60 Å². The molecule has 1 unspecified atom stereocenters. The van der Waals surface area contributed by atoms with Crippen LogP contribution in [0.15, 0.2) is 18.2 Å². The number of hydrogen-bond donors (Lipinski definition) is 3. The molecule has 7 nitrogen and oxygen atoms in total. The van der Waals surface area contributed by atoms with E-state index in [0.717, 1.165) is 9.88 Å². The first-order chi connectivity index (χ1) is 11.0. The monoisotopic (exact) mass is 341 g/mol. The van der Waals surface area contributed by atoms with Gasteiger partial charge in [0.25, 0.3) is 5.91 Å². The molecule has 1 aromatic rings. The maximum Gasteiger partial charge on any atom is 0.253 e. The molecule has 2 aliphatic rings. The Morgan fingerprint density at radius 1 is 1.52 bits per heavy atom. The van der Waals surface area contributed by atoms with Gasteiger partial charge in [-0.2, -0.15) is 0 Å². The number of nitrogens with one attached hydrogen (secondary N) is 2. The quantitative estimate of drug-likeness (QED) is 0.720. The Balaban J connectivity index is 1.98. The molecule has 2 atom stereocenters. The summed E-state index contributed by atoms with van der Waals surface area (Å²) in [7, 11) is 1.58. The Kier molecular flexibility index (Phi) is 4.33. The van der Waals surface area contributed by atoms with Crippen LogP contribution in [0.25, 0.3) is 5.57 Å². The van der Waals surface area contributed by atoms with E-state index in [9.17, 15) is 18.5 Å². The molecule has 0 aliphatic carbocycles. The fourth-order valence-electron chi connectivity index (χ4n) is 2.65. The molecule has 0 radical (unpaired) electrons. The largest absolute Gasteiger partial charge is 0.506 e. The maximum absolute atomic E-state index is 14.9. The zero-order valence-electron chi connectivity index (χ0n) is 12.3. The molecule has 0 spiro atoms. The van der Waals surface area contributed by atoms with Gasteiger partial charge in [0.2, 0.25) is 11.2 Å². The molecule has 2 aliphatic heterocycles. The molecule has 23 heavy (non-hydrogen) atoms. The Labute approximate surface area is 134 Å². The highest BCUT2D eigenvalue weighted by atomic mass is 32.2. The second-order valence-electron chi connectivity index (χ2n) is 5.24. The number of nitrogens with zero attached hydrogens (tertiary/aromatic N) is 1. The van der Waals surface area contributed by atoms with Crippen LogP contribution in [0.4, 0.5) is 10.1 Å². The summed E-state index contributed by atoms with van der Waals surface area (Å²) in [5, 5.41) is 13.1. The molecule has 3 rings (SSSR count).